The van der Waals surface area contributed by atoms with Gasteiger partial charge in [-0.05, 0) is 0 Å². The molecule has 0 aromatic heterocycles. The summed E-state index contributed by atoms with van der Waals surface area (Å²) in [6, 6.07) is 0. The first kappa shape index (κ1) is 11.9. The predicted molar refractivity (Wildman–Crippen MR) is 53.5 cm³/mol. The van der Waals surface area contributed by atoms with Crippen LogP contribution in [0.15, 0.2) is 25.3 Å². The Morgan fingerprint density at radius 2 is 1.92 bits per heavy atom. The minimum Gasteiger partial charge on any atom is -0.469 e. The second-order valence-electron chi connectivity index (χ2n) is 2.66. The van der Waals surface area contributed by atoms with Crippen molar-refractivity contribution in [1.29, 1.82) is 0 Å². The van der Waals surface area contributed by atoms with Crippen molar-refractivity contribution < 1.29 is 9.53 Å². The van der Waals surface area contributed by atoms with Crippen LogP contribution in [0.2, 0.25) is 0 Å². The van der Waals surface area contributed by atoms with Gasteiger partial charge in [0.25, 0.3) is 0 Å². The summed E-state index contributed by atoms with van der Waals surface area (Å²) in [4.78, 5) is 12.9. The van der Waals surface area contributed by atoms with E-state index in [2.05, 4.69) is 22.8 Å². The molecule has 0 aliphatic rings. The largest absolute Gasteiger partial charge is 0.469 e. The van der Waals surface area contributed by atoms with E-state index in [-0.39, 0.29) is 5.97 Å². The molecule has 0 bridgehead atoms. The number of carbonyl (C=O) groups excluding carboxylic acids is 1. The summed E-state index contributed by atoms with van der Waals surface area (Å²) in [7, 11) is 1.40. The zero-order valence-corrected chi connectivity index (χ0v) is 8.16. The number of nitrogens with zero attached hydrogens (tertiary/aromatic N) is 1. The van der Waals surface area contributed by atoms with Gasteiger partial charge >= 0.3 is 5.97 Å². The molecule has 0 aromatic rings. The van der Waals surface area contributed by atoms with Crippen LogP contribution < -0.4 is 0 Å². The molecular weight excluding hydrogens is 166 g/mol. The highest BCUT2D eigenvalue weighted by Crippen LogP contribution is 1.93. The van der Waals surface area contributed by atoms with Crippen LogP contribution in [0.1, 0.15) is 6.42 Å². The molecule has 3 heteroatoms. The number of esters is 1. The van der Waals surface area contributed by atoms with E-state index in [0.29, 0.717) is 13.0 Å². The average molecular weight is 183 g/mol. The van der Waals surface area contributed by atoms with E-state index in [0.717, 1.165) is 13.1 Å². The molecule has 0 aliphatic heterocycles. The van der Waals surface area contributed by atoms with Gasteiger partial charge in [-0.1, -0.05) is 12.2 Å². The Labute approximate surface area is 79.7 Å². The first-order chi connectivity index (χ1) is 6.24. The number of ether oxygens (including phenoxy) is 1. The SMILES string of the molecule is C=CCN(CC=C)CCC(=O)OC. The third-order valence-electron chi connectivity index (χ3n) is 1.63. The van der Waals surface area contributed by atoms with Crippen molar-refractivity contribution in [3.8, 4) is 0 Å². The fraction of sp³-hybridized carbons (Fsp3) is 0.500. The molecule has 0 aliphatic carbocycles. The van der Waals surface area contributed by atoms with Gasteiger partial charge in [0.2, 0.25) is 0 Å². The maximum absolute atomic E-state index is 10.8. The van der Waals surface area contributed by atoms with E-state index in [1.807, 2.05) is 0 Å². The average Bonchev–Trinajstić information content (AvgIpc) is 2.14. The number of carbonyl (C=O) groups is 1. The molecule has 0 saturated heterocycles. The van der Waals surface area contributed by atoms with E-state index < -0.39 is 0 Å². The zero-order valence-electron chi connectivity index (χ0n) is 8.16. The summed E-state index contributed by atoms with van der Waals surface area (Å²) in [5.74, 6) is -0.182. The van der Waals surface area contributed by atoms with Gasteiger partial charge in [0.1, 0.15) is 0 Å². The molecule has 0 heterocycles. The minimum absolute atomic E-state index is 0.182. The van der Waals surface area contributed by atoms with Crippen LogP contribution >= 0.6 is 0 Å². The Morgan fingerprint density at radius 3 is 2.31 bits per heavy atom. The summed E-state index contributed by atoms with van der Waals surface area (Å²) >= 11 is 0. The van der Waals surface area contributed by atoms with E-state index >= 15 is 0 Å². The molecule has 0 saturated carbocycles. The normalized spacial score (nSPS) is 9.69. The Morgan fingerprint density at radius 1 is 1.38 bits per heavy atom. The van der Waals surface area contributed by atoms with Crippen molar-refractivity contribution in [2.24, 2.45) is 0 Å². The maximum atomic E-state index is 10.8. The predicted octanol–water partition coefficient (Wildman–Crippen LogP) is 1.22. The van der Waals surface area contributed by atoms with Crippen LogP contribution in [0.25, 0.3) is 0 Å². The van der Waals surface area contributed by atoms with Gasteiger partial charge < -0.3 is 4.74 Å². The molecule has 0 spiro atoms. The molecular formula is C10H17NO2. The van der Waals surface area contributed by atoms with Crippen LogP contribution in [-0.2, 0) is 9.53 Å². The molecule has 13 heavy (non-hydrogen) atoms. The molecule has 0 atom stereocenters. The van der Waals surface area contributed by atoms with Crippen LogP contribution in [-0.4, -0.2) is 37.6 Å². The quantitative estimate of drug-likeness (QED) is 0.439. The number of hydrogen-bond acceptors (Lipinski definition) is 3. The fourth-order valence-corrected chi connectivity index (χ4v) is 0.974. The van der Waals surface area contributed by atoms with Crippen molar-refractivity contribution in [2.75, 3.05) is 26.7 Å². The van der Waals surface area contributed by atoms with Crippen molar-refractivity contribution >= 4 is 5.97 Å². The third kappa shape index (κ3) is 6.11. The lowest BCUT2D eigenvalue weighted by atomic mass is 10.3. The van der Waals surface area contributed by atoms with Gasteiger partial charge in [-0.2, -0.15) is 0 Å². The number of rotatable bonds is 7. The van der Waals surface area contributed by atoms with E-state index in [4.69, 9.17) is 0 Å². The first-order valence-electron chi connectivity index (χ1n) is 4.25. The summed E-state index contributed by atoms with van der Waals surface area (Å²) in [6.45, 7) is 9.49. The smallest absolute Gasteiger partial charge is 0.306 e. The molecule has 0 N–H and O–H groups in total. The second-order valence-corrected chi connectivity index (χ2v) is 2.66. The van der Waals surface area contributed by atoms with Crippen LogP contribution in [0.5, 0.6) is 0 Å². The first-order valence-corrected chi connectivity index (χ1v) is 4.25. The van der Waals surface area contributed by atoms with Gasteiger partial charge in [0.05, 0.1) is 13.5 Å². The third-order valence-corrected chi connectivity index (χ3v) is 1.63. The lowest BCUT2D eigenvalue weighted by Crippen LogP contribution is -2.26. The number of hydrogen-bond donors (Lipinski definition) is 0. The lowest BCUT2D eigenvalue weighted by Gasteiger charge is -2.17. The van der Waals surface area contributed by atoms with Gasteiger partial charge in [-0.3, -0.25) is 9.69 Å². The summed E-state index contributed by atoms with van der Waals surface area (Å²) < 4.78 is 4.54. The second kappa shape index (κ2) is 7.55. The highest BCUT2D eigenvalue weighted by atomic mass is 16.5. The fourth-order valence-electron chi connectivity index (χ4n) is 0.974. The Kier molecular flexibility index (Phi) is 6.92. The van der Waals surface area contributed by atoms with Gasteiger partial charge in [0, 0.05) is 19.6 Å². The topological polar surface area (TPSA) is 29.5 Å². The van der Waals surface area contributed by atoms with Crippen molar-refractivity contribution in [1.82, 2.24) is 4.90 Å². The molecule has 0 fully saturated rings. The van der Waals surface area contributed by atoms with Gasteiger partial charge in [-0.25, -0.2) is 0 Å². The van der Waals surface area contributed by atoms with Gasteiger partial charge in [-0.15, -0.1) is 13.2 Å². The molecule has 0 aromatic carbocycles. The van der Waals surface area contributed by atoms with Crippen LogP contribution in [0, 0.1) is 0 Å². The summed E-state index contributed by atoms with van der Waals surface area (Å²) in [5, 5.41) is 0. The van der Waals surface area contributed by atoms with Crippen LogP contribution in [0.3, 0.4) is 0 Å². The van der Waals surface area contributed by atoms with Crippen LogP contribution in [0.4, 0.5) is 0 Å². The molecule has 0 rings (SSSR count). The van der Waals surface area contributed by atoms with E-state index in [1.165, 1.54) is 7.11 Å². The Bertz CT molecular complexity index is 168. The number of methoxy groups -OCH3 is 1. The Hall–Kier alpha value is -1.09. The monoisotopic (exact) mass is 183 g/mol. The molecule has 0 radical (unpaired) electrons. The minimum atomic E-state index is -0.182. The highest BCUT2D eigenvalue weighted by molar-refractivity contribution is 5.69. The molecule has 3 nitrogen and oxygen atoms in total. The highest BCUT2D eigenvalue weighted by Gasteiger charge is 2.04. The zero-order chi connectivity index (χ0) is 10.1. The van der Waals surface area contributed by atoms with E-state index in [9.17, 15) is 4.79 Å². The van der Waals surface area contributed by atoms with Crippen molar-refractivity contribution in [3.05, 3.63) is 25.3 Å². The summed E-state index contributed by atoms with van der Waals surface area (Å²) in [6.07, 6.45) is 4.03. The standard InChI is InChI=1S/C10H17NO2/c1-4-7-11(8-5-2)9-6-10(12)13-3/h4-5H,1-2,6-9H2,3H3. The lowest BCUT2D eigenvalue weighted by molar-refractivity contribution is -0.140. The molecule has 0 amide bonds. The Balaban J connectivity index is 3.73. The molecule has 0 unspecified atom stereocenters. The van der Waals surface area contributed by atoms with Gasteiger partial charge in [0.15, 0.2) is 0 Å². The van der Waals surface area contributed by atoms with Crippen molar-refractivity contribution in [3.63, 3.8) is 0 Å². The van der Waals surface area contributed by atoms with Crippen molar-refractivity contribution in [2.45, 2.75) is 6.42 Å². The molecule has 74 valence electrons. The van der Waals surface area contributed by atoms with E-state index in [1.54, 1.807) is 12.2 Å². The summed E-state index contributed by atoms with van der Waals surface area (Å²) in [5.41, 5.74) is 0. The maximum Gasteiger partial charge on any atom is 0.306 e.